The number of anilines is 1. The van der Waals surface area contributed by atoms with E-state index in [0.29, 0.717) is 19.7 Å². The van der Waals surface area contributed by atoms with Gasteiger partial charge in [-0.1, -0.05) is 6.92 Å². The predicted molar refractivity (Wildman–Crippen MR) is 87.2 cm³/mol. The van der Waals surface area contributed by atoms with E-state index in [0.717, 1.165) is 6.42 Å². The fourth-order valence-corrected chi connectivity index (χ4v) is 2.75. The summed E-state index contributed by atoms with van der Waals surface area (Å²) in [6.07, 6.45) is -0.274. The van der Waals surface area contributed by atoms with Crippen LogP contribution in [-0.4, -0.2) is 35.6 Å². The van der Waals surface area contributed by atoms with Crippen molar-refractivity contribution in [2.45, 2.75) is 39.6 Å². The van der Waals surface area contributed by atoms with E-state index in [1.807, 2.05) is 13.8 Å². The van der Waals surface area contributed by atoms with E-state index in [1.54, 1.807) is 11.8 Å². The van der Waals surface area contributed by atoms with Crippen LogP contribution in [0.3, 0.4) is 0 Å². The molecule has 1 aromatic carbocycles. The zero-order valence-electron chi connectivity index (χ0n) is 13.9. The molecular formula is C15H21N3O6. The summed E-state index contributed by atoms with van der Waals surface area (Å²) in [6, 6.07) is 2.62. The molecule has 1 aliphatic heterocycles. The van der Waals surface area contributed by atoms with Gasteiger partial charge in [0.05, 0.1) is 22.6 Å². The summed E-state index contributed by atoms with van der Waals surface area (Å²) in [5, 5.41) is 23.1. The number of hydrogen-bond donors (Lipinski definition) is 0. The standard InChI is InChI=1S/C15H21N3O6/c1-4-6-16(5-2)14-12(17(19)20)7-11(8-13(14)18(21)22)15-23-9-10(3)24-15/h7-8,10,15H,4-6,9H2,1-3H3. The maximum Gasteiger partial charge on any atom is 0.300 e. The second kappa shape index (κ2) is 7.54. The van der Waals surface area contributed by atoms with Crippen LogP contribution in [0.2, 0.25) is 0 Å². The van der Waals surface area contributed by atoms with Gasteiger partial charge in [-0.15, -0.1) is 0 Å². The maximum atomic E-state index is 11.5. The lowest BCUT2D eigenvalue weighted by Crippen LogP contribution is -2.25. The van der Waals surface area contributed by atoms with E-state index in [-0.39, 0.29) is 28.7 Å². The maximum absolute atomic E-state index is 11.5. The van der Waals surface area contributed by atoms with Gasteiger partial charge in [0.2, 0.25) is 0 Å². The van der Waals surface area contributed by atoms with E-state index in [9.17, 15) is 20.2 Å². The zero-order chi connectivity index (χ0) is 17.9. The quantitative estimate of drug-likeness (QED) is 0.554. The molecule has 0 bridgehead atoms. The van der Waals surface area contributed by atoms with Crippen LogP contribution < -0.4 is 4.90 Å². The highest BCUT2D eigenvalue weighted by molar-refractivity contribution is 5.76. The molecule has 1 heterocycles. The number of benzene rings is 1. The Kier molecular flexibility index (Phi) is 5.68. The highest BCUT2D eigenvalue weighted by Crippen LogP contribution is 2.41. The Morgan fingerprint density at radius 1 is 1.21 bits per heavy atom. The first-order valence-electron chi connectivity index (χ1n) is 7.87. The third-order valence-electron chi connectivity index (χ3n) is 3.79. The molecule has 0 saturated carbocycles. The number of hydrogen-bond acceptors (Lipinski definition) is 7. The average Bonchev–Trinajstić information content (AvgIpc) is 2.97. The molecule has 132 valence electrons. The van der Waals surface area contributed by atoms with Crippen molar-refractivity contribution in [2.24, 2.45) is 0 Å². The van der Waals surface area contributed by atoms with Crippen LogP contribution in [0.15, 0.2) is 12.1 Å². The van der Waals surface area contributed by atoms with Gasteiger partial charge in [-0.25, -0.2) is 0 Å². The highest BCUT2D eigenvalue weighted by atomic mass is 16.7. The van der Waals surface area contributed by atoms with Gasteiger partial charge < -0.3 is 14.4 Å². The fraction of sp³-hybridized carbons (Fsp3) is 0.600. The van der Waals surface area contributed by atoms with Crippen molar-refractivity contribution in [2.75, 3.05) is 24.6 Å². The molecule has 9 heteroatoms. The normalized spacial score (nSPS) is 20.1. The van der Waals surface area contributed by atoms with Crippen LogP contribution in [0.1, 0.15) is 39.0 Å². The molecule has 0 spiro atoms. The number of ether oxygens (including phenoxy) is 2. The molecular weight excluding hydrogens is 318 g/mol. The molecule has 0 radical (unpaired) electrons. The molecule has 1 aliphatic rings. The highest BCUT2D eigenvalue weighted by Gasteiger charge is 2.34. The van der Waals surface area contributed by atoms with E-state index >= 15 is 0 Å². The van der Waals surface area contributed by atoms with E-state index < -0.39 is 16.1 Å². The fourth-order valence-electron chi connectivity index (χ4n) is 2.75. The van der Waals surface area contributed by atoms with Gasteiger partial charge in [0.15, 0.2) is 12.0 Å². The van der Waals surface area contributed by atoms with Gasteiger partial charge in [0.25, 0.3) is 11.4 Å². The summed E-state index contributed by atoms with van der Waals surface area (Å²) in [4.78, 5) is 23.5. The van der Waals surface area contributed by atoms with E-state index in [1.165, 1.54) is 12.1 Å². The molecule has 2 rings (SSSR count). The molecule has 1 aromatic rings. The molecule has 24 heavy (non-hydrogen) atoms. The van der Waals surface area contributed by atoms with Crippen molar-refractivity contribution < 1.29 is 19.3 Å². The van der Waals surface area contributed by atoms with Crippen LogP contribution in [0, 0.1) is 20.2 Å². The summed E-state index contributed by atoms with van der Waals surface area (Å²) in [6.45, 7) is 6.79. The summed E-state index contributed by atoms with van der Waals surface area (Å²) in [5.74, 6) is 0. The Hall–Kier alpha value is -2.26. The van der Waals surface area contributed by atoms with Gasteiger partial charge >= 0.3 is 0 Å². The van der Waals surface area contributed by atoms with Gasteiger partial charge in [0.1, 0.15) is 0 Å². The Bertz CT molecular complexity index is 601. The van der Waals surface area contributed by atoms with Crippen LogP contribution in [0.5, 0.6) is 0 Å². The number of nitro groups is 2. The van der Waals surface area contributed by atoms with Crippen LogP contribution in [0.25, 0.3) is 0 Å². The van der Waals surface area contributed by atoms with Crippen molar-refractivity contribution >= 4 is 17.1 Å². The largest absolute Gasteiger partial charge is 0.361 e. The smallest absolute Gasteiger partial charge is 0.300 e. The third kappa shape index (κ3) is 3.62. The minimum Gasteiger partial charge on any atom is -0.361 e. The Labute approximate surface area is 139 Å². The lowest BCUT2D eigenvalue weighted by atomic mass is 10.1. The molecule has 0 aliphatic carbocycles. The van der Waals surface area contributed by atoms with Crippen molar-refractivity contribution in [1.82, 2.24) is 0 Å². The first-order chi connectivity index (χ1) is 11.4. The summed E-state index contributed by atoms with van der Waals surface area (Å²) < 4.78 is 10.9. The van der Waals surface area contributed by atoms with E-state index in [4.69, 9.17) is 9.47 Å². The van der Waals surface area contributed by atoms with Crippen molar-refractivity contribution in [3.63, 3.8) is 0 Å². The first-order valence-corrected chi connectivity index (χ1v) is 7.87. The van der Waals surface area contributed by atoms with Crippen LogP contribution in [-0.2, 0) is 9.47 Å². The topological polar surface area (TPSA) is 108 Å². The number of nitro benzene ring substituents is 2. The number of rotatable bonds is 7. The van der Waals surface area contributed by atoms with Gasteiger partial charge in [-0.05, 0) is 20.3 Å². The van der Waals surface area contributed by atoms with Crippen molar-refractivity contribution in [3.05, 3.63) is 37.9 Å². The average molecular weight is 339 g/mol. The first kappa shape index (κ1) is 18.1. The molecule has 2 atom stereocenters. The summed E-state index contributed by atoms with van der Waals surface area (Å²) in [7, 11) is 0. The van der Waals surface area contributed by atoms with Crippen molar-refractivity contribution in [3.8, 4) is 0 Å². The Balaban J connectivity index is 2.60. The Morgan fingerprint density at radius 3 is 2.17 bits per heavy atom. The van der Waals surface area contributed by atoms with Crippen LogP contribution in [0.4, 0.5) is 17.1 Å². The minimum atomic E-state index is -0.826. The molecule has 1 saturated heterocycles. The van der Waals surface area contributed by atoms with Gasteiger partial charge in [-0.3, -0.25) is 20.2 Å². The number of nitrogens with zero attached hydrogens (tertiary/aromatic N) is 3. The predicted octanol–water partition coefficient (Wildman–Crippen LogP) is 3.17. The summed E-state index contributed by atoms with van der Waals surface area (Å²) in [5.41, 5.74) is -0.291. The zero-order valence-corrected chi connectivity index (χ0v) is 13.9. The lowest BCUT2D eigenvalue weighted by molar-refractivity contribution is -0.392. The third-order valence-corrected chi connectivity index (χ3v) is 3.79. The molecule has 9 nitrogen and oxygen atoms in total. The second-order valence-electron chi connectivity index (χ2n) is 5.61. The second-order valence-corrected chi connectivity index (χ2v) is 5.61. The minimum absolute atomic E-state index is 0.0316. The molecule has 0 N–H and O–H groups in total. The van der Waals surface area contributed by atoms with E-state index in [2.05, 4.69) is 0 Å². The lowest BCUT2D eigenvalue weighted by Gasteiger charge is -2.22. The molecule has 0 aromatic heterocycles. The Morgan fingerprint density at radius 2 is 1.79 bits per heavy atom. The molecule has 0 amide bonds. The van der Waals surface area contributed by atoms with Gasteiger partial charge in [0, 0.05) is 30.8 Å². The SMILES string of the molecule is CCCN(CC)c1c([N+](=O)[O-])cc(C2OCC(C)O2)cc1[N+](=O)[O-]. The summed E-state index contributed by atoms with van der Waals surface area (Å²) >= 11 is 0. The monoisotopic (exact) mass is 339 g/mol. The van der Waals surface area contributed by atoms with Gasteiger partial charge in [-0.2, -0.15) is 0 Å². The molecule has 2 unspecified atom stereocenters. The van der Waals surface area contributed by atoms with Crippen LogP contribution >= 0.6 is 0 Å². The molecule has 1 fully saturated rings. The van der Waals surface area contributed by atoms with Crippen molar-refractivity contribution in [1.29, 1.82) is 0 Å².